The van der Waals surface area contributed by atoms with Gasteiger partial charge in [-0.2, -0.15) is 0 Å². The number of amides is 1. The molecule has 1 unspecified atom stereocenters. The lowest BCUT2D eigenvalue weighted by molar-refractivity contribution is -0.161. The Kier molecular flexibility index (Phi) is 6.03. The highest BCUT2D eigenvalue weighted by molar-refractivity contribution is 5.84. The molecule has 0 aromatic rings. The van der Waals surface area contributed by atoms with E-state index in [1.807, 2.05) is 19.0 Å². The Balaban J connectivity index is 2.55. The van der Waals surface area contributed by atoms with Gasteiger partial charge < -0.3 is 24.4 Å². The zero-order valence-electron chi connectivity index (χ0n) is 10.8. The molecule has 1 aliphatic rings. The van der Waals surface area contributed by atoms with E-state index in [0.29, 0.717) is 26.3 Å². The molecule has 7 nitrogen and oxygen atoms in total. The molecule has 1 aliphatic heterocycles. The molecule has 0 aliphatic carbocycles. The minimum atomic E-state index is -1.03. The van der Waals surface area contributed by atoms with Gasteiger partial charge in [-0.3, -0.25) is 9.59 Å². The Morgan fingerprint density at radius 2 is 2.00 bits per heavy atom. The van der Waals surface area contributed by atoms with Crippen LogP contribution in [0, 0.1) is 0 Å². The molecule has 1 fully saturated rings. The van der Waals surface area contributed by atoms with Crippen molar-refractivity contribution >= 4 is 11.9 Å². The summed E-state index contributed by atoms with van der Waals surface area (Å²) in [5, 5.41) is 8.82. The maximum Gasteiger partial charge on any atom is 0.323 e. The Morgan fingerprint density at radius 3 is 2.50 bits per heavy atom. The maximum absolute atomic E-state index is 12.1. The molecule has 18 heavy (non-hydrogen) atoms. The molecule has 1 heterocycles. The summed E-state index contributed by atoms with van der Waals surface area (Å²) in [5.74, 6) is -1.35. The van der Waals surface area contributed by atoms with Crippen molar-refractivity contribution in [3.63, 3.8) is 0 Å². The van der Waals surface area contributed by atoms with E-state index in [0.717, 1.165) is 0 Å². The average molecular weight is 260 g/mol. The van der Waals surface area contributed by atoms with Crippen LogP contribution >= 0.6 is 0 Å². The lowest BCUT2D eigenvalue weighted by Crippen LogP contribution is -2.48. The fourth-order valence-electron chi connectivity index (χ4n) is 1.59. The van der Waals surface area contributed by atoms with E-state index >= 15 is 0 Å². The molecule has 1 atom stereocenters. The summed E-state index contributed by atoms with van der Waals surface area (Å²) in [6.07, 6.45) is -0.680. The number of aliphatic carboxylic acids is 1. The smallest absolute Gasteiger partial charge is 0.323 e. The zero-order valence-corrected chi connectivity index (χ0v) is 10.8. The van der Waals surface area contributed by atoms with Crippen LogP contribution in [0.4, 0.5) is 0 Å². The van der Waals surface area contributed by atoms with E-state index < -0.39 is 12.1 Å². The molecule has 1 rings (SSSR count). The normalized spacial score (nSPS) is 19.8. The number of ether oxygens (including phenoxy) is 2. The highest BCUT2D eigenvalue weighted by Gasteiger charge is 2.28. The number of rotatable bonds is 6. The summed E-state index contributed by atoms with van der Waals surface area (Å²) < 4.78 is 10.4. The minimum absolute atomic E-state index is 0.191. The number of likely N-dealkylation sites (N-methyl/N-ethyl adjacent to an activating group) is 1. The summed E-state index contributed by atoms with van der Waals surface area (Å²) in [6, 6.07) is 0. The van der Waals surface area contributed by atoms with Gasteiger partial charge in [-0.25, -0.2) is 0 Å². The minimum Gasteiger partial charge on any atom is -0.480 e. The summed E-state index contributed by atoms with van der Waals surface area (Å²) >= 11 is 0. The number of hydrogen-bond donors (Lipinski definition) is 1. The van der Waals surface area contributed by atoms with Crippen LogP contribution in [0.2, 0.25) is 0 Å². The van der Waals surface area contributed by atoms with Crippen molar-refractivity contribution < 1.29 is 24.2 Å². The largest absolute Gasteiger partial charge is 0.480 e. The quantitative estimate of drug-likeness (QED) is 0.651. The maximum atomic E-state index is 12.1. The van der Waals surface area contributed by atoms with E-state index in [9.17, 15) is 9.59 Å². The lowest BCUT2D eigenvalue weighted by atomic mass is 10.3. The standard InChI is InChI=1S/C11H20N2O5/c1-12(2)3-4-13(7-10(14)15)11(16)9-8-17-5-6-18-9/h9H,3-8H2,1-2H3,(H,14,15). The summed E-state index contributed by atoms with van der Waals surface area (Å²) in [7, 11) is 3.73. The predicted octanol–water partition coefficient (Wildman–Crippen LogP) is -1.12. The summed E-state index contributed by atoms with van der Waals surface area (Å²) in [4.78, 5) is 26.0. The van der Waals surface area contributed by atoms with Crippen molar-refractivity contribution in [3.8, 4) is 0 Å². The van der Waals surface area contributed by atoms with Crippen LogP contribution in [-0.2, 0) is 19.1 Å². The SMILES string of the molecule is CN(C)CCN(CC(=O)O)C(=O)C1COCCO1. The second-order valence-corrected chi connectivity index (χ2v) is 4.39. The number of hydrogen-bond acceptors (Lipinski definition) is 5. The van der Waals surface area contributed by atoms with Crippen molar-refractivity contribution in [2.24, 2.45) is 0 Å². The second-order valence-electron chi connectivity index (χ2n) is 4.39. The van der Waals surface area contributed by atoms with Crippen LogP contribution < -0.4 is 0 Å². The molecule has 0 radical (unpaired) electrons. The van der Waals surface area contributed by atoms with E-state index in [4.69, 9.17) is 14.6 Å². The average Bonchev–Trinajstić information content (AvgIpc) is 2.34. The van der Waals surface area contributed by atoms with E-state index in [2.05, 4.69) is 0 Å². The zero-order chi connectivity index (χ0) is 13.5. The van der Waals surface area contributed by atoms with Gasteiger partial charge >= 0.3 is 5.97 Å². The van der Waals surface area contributed by atoms with Crippen LogP contribution in [0.25, 0.3) is 0 Å². The van der Waals surface area contributed by atoms with Crippen molar-refractivity contribution in [1.29, 1.82) is 0 Å². The number of carbonyl (C=O) groups excluding carboxylic acids is 1. The molecular weight excluding hydrogens is 240 g/mol. The first-order chi connectivity index (χ1) is 8.50. The Bertz CT molecular complexity index is 289. The van der Waals surface area contributed by atoms with Gasteiger partial charge in [-0.1, -0.05) is 0 Å². The fourth-order valence-corrected chi connectivity index (χ4v) is 1.59. The molecular formula is C11H20N2O5. The van der Waals surface area contributed by atoms with Gasteiger partial charge in [0.15, 0.2) is 6.10 Å². The molecule has 0 aromatic carbocycles. The Labute approximate surface area is 106 Å². The van der Waals surface area contributed by atoms with Crippen molar-refractivity contribution in [3.05, 3.63) is 0 Å². The van der Waals surface area contributed by atoms with E-state index in [1.165, 1.54) is 4.90 Å². The number of carboxylic acid groups (broad SMARTS) is 1. The Hall–Kier alpha value is -1.18. The molecule has 1 amide bonds. The van der Waals surface area contributed by atoms with Gasteiger partial charge in [0.1, 0.15) is 6.54 Å². The first-order valence-corrected chi connectivity index (χ1v) is 5.85. The molecule has 7 heteroatoms. The molecule has 0 spiro atoms. The third-order valence-electron chi connectivity index (χ3n) is 2.55. The first kappa shape index (κ1) is 14.9. The molecule has 0 aromatic heterocycles. The predicted molar refractivity (Wildman–Crippen MR) is 63.3 cm³/mol. The van der Waals surface area contributed by atoms with Gasteiger partial charge in [0.05, 0.1) is 19.8 Å². The van der Waals surface area contributed by atoms with Crippen LogP contribution in [0.15, 0.2) is 0 Å². The number of carboxylic acids is 1. The monoisotopic (exact) mass is 260 g/mol. The van der Waals surface area contributed by atoms with Crippen LogP contribution in [0.3, 0.4) is 0 Å². The van der Waals surface area contributed by atoms with Crippen molar-refractivity contribution in [1.82, 2.24) is 9.80 Å². The van der Waals surface area contributed by atoms with Crippen molar-refractivity contribution in [2.75, 3.05) is 53.6 Å². The van der Waals surface area contributed by atoms with Crippen LogP contribution in [-0.4, -0.2) is 86.4 Å². The molecule has 1 N–H and O–H groups in total. The number of carbonyl (C=O) groups is 2. The van der Waals surface area contributed by atoms with Gasteiger partial charge in [0.2, 0.25) is 0 Å². The molecule has 0 bridgehead atoms. The highest BCUT2D eigenvalue weighted by atomic mass is 16.6. The third-order valence-corrected chi connectivity index (χ3v) is 2.55. The van der Waals surface area contributed by atoms with Gasteiger partial charge in [0.25, 0.3) is 5.91 Å². The van der Waals surface area contributed by atoms with E-state index in [1.54, 1.807) is 0 Å². The van der Waals surface area contributed by atoms with Crippen LogP contribution in [0.1, 0.15) is 0 Å². The van der Waals surface area contributed by atoms with Crippen LogP contribution in [0.5, 0.6) is 0 Å². The summed E-state index contributed by atoms with van der Waals surface area (Å²) in [5.41, 5.74) is 0. The number of nitrogens with zero attached hydrogens (tertiary/aromatic N) is 2. The molecule has 104 valence electrons. The first-order valence-electron chi connectivity index (χ1n) is 5.85. The van der Waals surface area contributed by atoms with Gasteiger partial charge in [0, 0.05) is 13.1 Å². The fraction of sp³-hybridized carbons (Fsp3) is 0.818. The van der Waals surface area contributed by atoms with Crippen molar-refractivity contribution in [2.45, 2.75) is 6.10 Å². The summed E-state index contributed by atoms with van der Waals surface area (Å²) in [6.45, 7) is 1.68. The molecule has 0 saturated carbocycles. The third kappa shape index (κ3) is 4.99. The topological polar surface area (TPSA) is 79.3 Å². The van der Waals surface area contributed by atoms with Gasteiger partial charge in [-0.15, -0.1) is 0 Å². The lowest BCUT2D eigenvalue weighted by Gasteiger charge is -2.29. The highest BCUT2D eigenvalue weighted by Crippen LogP contribution is 2.05. The molecule has 1 saturated heterocycles. The Morgan fingerprint density at radius 1 is 1.28 bits per heavy atom. The van der Waals surface area contributed by atoms with E-state index in [-0.39, 0.29) is 19.1 Å². The second kappa shape index (κ2) is 7.30. The van der Waals surface area contributed by atoms with Gasteiger partial charge in [-0.05, 0) is 14.1 Å².